The maximum Gasteiger partial charge on any atom is 0.394 e. The SMILES string of the molecule is CN(C)C(CP)(N(C)C)N(C)C.CN(C)C(CP)(N(C)C)N(C)C.O=S(=O)(O)O. The van der Waals surface area contributed by atoms with Crippen LogP contribution in [0.1, 0.15) is 0 Å². The van der Waals surface area contributed by atoms with Gasteiger partial charge in [-0.3, -0.25) is 38.5 Å². The highest BCUT2D eigenvalue weighted by molar-refractivity contribution is 7.79. The fourth-order valence-corrected chi connectivity index (χ4v) is 5.69. The molecule has 0 aliphatic heterocycles. The summed E-state index contributed by atoms with van der Waals surface area (Å²) in [6.07, 6.45) is 2.00. The molecule has 0 heterocycles. The molecule has 2 N–H and O–H groups in total. The standard InChI is InChI=1S/2C8H22N3P.H2O4S/c2*1-9(2)8(7-12,10(3)4)11(5)6;1-5(2,3)4/h2*7,12H2,1-6H3;(H2,1,2,3,4). The zero-order chi connectivity index (χ0) is 24.4. The second-order valence-corrected chi connectivity index (χ2v) is 9.48. The molecule has 29 heavy (non-hydrogen) atoms. The maximum atomic E-state index is 8.74. The molecule has 0 aliphatic carbocycles. The van der Waals surface area contributed by atoms with Gasteiger partial charge in [-0.15, -0.1) is 18.5 Å². The summed E-state index contributed by atoms with van der Waals surface area (Å²) in [5, 5.41) is 0. The highest BCUT2D eigenvalue weighted by Gasteiger charge is 2.36. The summed E-state index contributed by atoms with van der Waals surface area (Å²) in [5.41, 5.74) is 0. The average molecular weight is 481 g/mol. The first-order valence-corrected chi connectivity index (χ1v) is 12.0. The summed E-state index contributed by atoms with van der Waals surface area (Å²) in [4.78, 5) is 13.3. The van der Waals surface area contributed by atoms with Gasteiger partial charge in [0.2, 0.25) is 0 Å². The molecule has 2 unspecified atom stereocenters. The monoisotopic (exact) mass is 480 g/mol. The second kappa shape index (κ2) is 14.5. The number of rotatable bonds is 8. The Labute approximate surface area is 184 Å². The van der Waals surface area contributed by atoms with Crippen LogP contribution >= 0.6 is 18.5 Å². The first-order valence-electron chi connectivity index (χ1n) is 8.93. The van der Waals surface area contributed by atoms with E-state index in [1.54, 1.807) is 0 Å². The van der Waals surface area contributed by atoms with Crippen molar-refractivity contribution in [3.05, 3.63) is 0 Å². The van der Waals surface area contributed by atoms with Crippen molar-refractivity contribution >= 4 is 28.9 Å². The lowest BCUT2D eigenvalue weighted by Crippen LogP contribution is -2.65. The van der Waals surface area contributed by atoms with E-state index in [1.807, 2.05) is 0 Å². The van der Waals surface area contributed by atoms with Gasteiger partial charge in [-0.25, -0.2) is 0 Å². The van der Waals surface area contributed by atoms with Gasteiger partial charge in [0.05, 0.1) is 0 Å². The van der Waals surface area contributed by atoms with Crippen LogP contribution < -0.4 is 0 Å². The highest BCUT2D eigenvalue weighted by Crippen LogP contribution is 2.21. The molecule has 0 rings (SSSR count). The van der Waals surface area contributed by atoms with Gasteiger partial charge >= 0.3 is 10.4 Å². The van der Waals surface area contributed by atoms with E-state index in [0.29, 0.717) is 0 Å². The smallest absolute Gasteiger partial charge is 0.279 e. The van der Waals surface area contributed by atoms with Crippen LogP contribution in [0.25, 0.3) is 0 Å². The van der Waals surface area contributed by atoms with Crippen LogP contribution in [0.15, 0.2) is 0 Å². The summed E-state index contributed by atoms with van der Waals surface area (Å²) >= 11 is 0. The summed E-state index contributed by atoms with van der Waals surface area (Å²) in [6.45, 7) is 0. The second-order valence-electron chi connectivity index (χ2n) is 7.77. The van der Waals surface area contributed by atoms with Gasteiger partial charge in [0.25, 0.3) is 0 Å². The predicted octanol–water partition coefficient (Wildman–Crippen LogP) is -0.253. The van der Waals surface area contributed by atoms with Crippen molar-refractivity contribution < 1.29 is 17.5 Å². The topological polar surface area (TPSA) is 94.0 Å². The van der Waals surface area contributed by atoms with Gasteiger partial charge in [-0.05, 0) is 84.6 Å². The molecule has 0 spiro atoms. The largest absolute Gasteiger partial charge is 0.394 e. The summed E-state index contributed by atoms with van der Waals surface area (Å²) in [5.74, 6) is 0.00926. The molecule has 0 radical (unpaired) electrons. The predicted molar refractivity (Wildman–Crippen MR) is 131 cm³/mol. The van der Waals surface area contributed by atoms with Crippen LogP contribution in [-0.2, 0) is 10.4 Å². The van der Waals surface area contributed by atoms with Crippen LogP contribution in [0.4, 0.5) is 0 Å². The van der Waals surface area contributed by atoms with Gasteiger partial charge < -0.3 is 0 Å². The van der Waals surface area contributed by atoms with E-state index in [1.165, 1.54) is 0 Å². The minimum Gasteiger partial charge on any atom is -0.279 e. The van der Waals surface area contributed by atoms with Crippen LogP contribution in [-0.4, -0.2) is 155 Å². The van der Waals surface area contributed by atoms with Gasteiger partial charge in [0, 0.05) is 12.3 Å². The summed E-state index contributed by atoms with van der Waals surface area (Å²) in [7, 11) is 26.2. The average Bonchev–Trinajstić information content (AvgIpc) is 2.45. The quantitative estimate of drug-likeness (QED) is 0.275. The lowest BCUT2D eigenvalue weighted by Gasteiger charge is -2.49. The molecule has 0 aromatic carbocycles. The molecule has 0 aliphatic rings. The molecule has 0 aromatic rings. The minimum atomic E-state index is -4.67. The zero-order valence-corrected chi connectivity index (χ0v) is 23.5. The molecule has 0 bridgehead atoms. The summed E-state index contributed by atoms with van der Waals surface area (Å²) < 4.78 is 31.6. The van der Waals surface area contributed by atoms with Crippen molar-refractivity contribution in [2.24, 2.45) is 0 Å². The van der Waals surface area contributed by atoms with Crippen molar-refractivity contribution in [2.45, 2.75) is 11.6 Å². The van der Waals surface area contributed by atoms with E-state index in [-0.39, 0.29) is 11.6 Å². The van der Waals surface area contributed by atoms with Crippen LogP contribution in [0.2, 0.25) is 0 Å². The Morgan fingerprint density at radius 3 is 0.655 bits per heavy atom. The zero-order valence-electron chi connectivity index (χ0n) is 20.4. The Morgan fingerprint density at radius 1 is 0.552 bits per heavy atom. The molecule has 13 heteroatoms. The van der Waals surface area contributed by atoms with Gasteiger partial charge in [-0.2, -0.15) is 8.42 Å². The Morgan fingerprint density at radius 2 is 0.655 bits per heavy atom. The third kappa shape index (κ3) is 11.1. The lowest BCUT2D eigenvalue weighted by atomic mass is 10.3. The number of hydrogen-bond acceptors (Lipinski definition) is 8. The summed E-state index contributed by atoms with van der Waals surface area (Å²) in [6, 6.07) is 0. The third-order valence-electron chi connectivity index (χ3n) is 4.85. The molecule has 0 saturated heterocycles. The van der Waals surface area contributed by atoms with E-state index in [2.05, 4.69) is 132 Å². The van der Waals surface area contributed by atoms with E-state index >= 15 is 0 Å². The van der Waals surface area contributed by atoms with Gasteiger partial charge in [0.15, 0.2) is 0 Å². The van der Waals surface area contributed by atoms with Crippen molar-refractivity contribution in [1.29, 1.82) is 0 Å². The molecule has 0 aromatic heterocycles. The molecule has 180 valence electrons. The first kappa shape index (κ1) is 34.1. The molecule has 2 atom stereocenters. The van der Waals surface area contributed by atoms with Gasteiger partial charge in [-0.1, -0.05) is 0 Å². The maximum absolute atomic E-state index is 8.74. The fourth-order valence-electron chi connectivity index (χ4n) is 3.50. The first-order chi connectivity index (χ1) is 12.8. The van der Waals surface area contributed by atoms with Gasteiger partial charge in [0.1, 0.15) is 11.6 Å². The minimum absolute atomic E-state index is 0.00463. The van der Waals surface area contributed by atoms with Crippen molar-refractivity contribution in [1.82, 2.24) is 29.4 Å². The molecule has 0 amide bonds. The van der Waals surface area contributed by atoms with E-state index in [9.17, 15) is 0 Å². The number of hydrogen-bond donors (Lipinski definition) is 2. The Kier molecular flexibility index (Phi) is 17.1. The molecule has 10 nitrogen and oxygen atoms in total. The molecular weight excluding hydrogens is 434 g/mol. The Hall–Kier alpha value is 0.490. The lowest BCUT2D eigenvalue weighted by molar-refractivity contribution is -0.0879. The van der Waals surface area contributed by atoms with Crippen molar-refractivity contribution in [3.63, 3.8) is 0 Å². The third-order valence-corrected chi connectivity index (χ3v) is 5.94. The molecule has 0 fully saturated rings. The molecular formula is C16H46N6O4P2S. The van der Waals surface area contributed by atoms with Crippen molar-refractivity contribution in [2.75, 3.05) is 96.9 Å². The Bertz CT molecular complexity index is 448. The number of nitrogens with zero attached hydrogens (tertiary/aromatic N) is 6. The van der Waals surface area contributed by atoms with E-state index < -0.39 is 10.4 Å². The highest BCUT2D eigenvalue weighted by atomic mass is 32.3. The normalized spacial score (nSPS) is 13.2. The Balaban J connectivity index is -0.000000380. The molecule has 0 saturated carbocycles. The van der Waals surface area contributed by atoms with Crippen molar-refractivity contribution in [3.8, 4) is 0 Å². The van der Waals surface area contributed by atoms with E-state index in [4.69, 9.17) is 17.5 Å². The van der Waals surface area contributed by atoms with Crippen LogP contribution in [0.5, 0.6) is 0 Å². The fraction of sp³-hybridized carbons (Fsp3) is 1.00. The van der Waals surface area contributed by atoms with Crippen LogP contribution in [0.3, 0.4) is 0 Å². The van der Waals surface area contributed by atoms with E-state index in [0.717, 1.165) is 12.3 Å². The van der Waals surface area contributed by atoms with Crippen LogP contribution in [0, 0.1) is 0 Å².